The van der Waals surface area contributed by atoms with Crippen molar-refractivity contribution in [2.24, 2.45) is 10.1 Å². The predicted molar refractivity (Wildman–Crippen MR) is 82.3 cm³/mol. The molecule has 0 spiro atoms. The molecule has 0 aromatic heterocycles. The highest BCUT2D eigenvalue weighted by atomic mass is 32.2. The van der Waals surface area contributed by atoms with Gasteiger partial charge in [0.15, 0.2) is 16.7 Å². The molecule has 0 bridgehead atoms. The Morgan fingerprint density at radius 1 is 1.40 bits per heavy atom. The van der Waals surface area contributed by atoms with Crippen molar-refractivity contribution >= 4 is 22.6 Å². The normalized spacial score (nSPS) is 17.6. The highest BCUT2D eigenvalue weighted by Gasteiger charge is 2.17. The van der Waals surface area contributed by atoms with E-state index in [0.717, 1.165) is 16.4 Å². The molecule has 0 fully saturated rings. The Bertz CT molecular complexity index is 564. The fraction of sp³-hybridized carbons (Fsp3) is 0.429. The molecule has 1 aromatic carbocycles. The SMILES string of the molecule is COc1ccc(C2=NNC(=NC(C)(C)C)SC2)cc1F. The van der Waals surface area contributed by atoms with Crippen LogP contribution in [-0.4, -0.2) is 29.3 Å². The molecule has 6 heteroatoms. The van der Waals surface area contributed by atoms with Gasteiger partial charge >= 0.3 is 0 Å². The summed E-state index contributed by atoms with van der Waals surface area (Å²) in [4.78, 5) is 4.51. The first-order valence-corrected chi connectivity index (χ1v) is 7.27. The van der Waals surface area contributed by atoms with Crippen molar-refractivity contribution in [3.63, 3.8) is 0 Å². The van der Waals surface area contributed by atoms with Crippen molar-refractivity contribution in [1.29, 1.82) is 0 Å². The second kappa shape index (κ2) is 5.83. The Morgan fingerprint density at radius 3 is 2.65 bits per heavy atom. The van der Waals surface area contributed by atoms with Crippen LogP contribution in [0.5, 0.6) is 5.75 Å². The van der Waals surface area contributed by atoms with Crippen LogP contribution in [0.2, 0.25) is 0 Å². The standard InChI is InChI=1S/C14H18FN3OS/c1-14(2,3)16-13-18-17-11(8-20-13)9-5-6-12(19-4)10(15)7-9/h5-7H,8H2,1-4H3,(H,16,18). The van der Waals surface area contributed by atoms with Crippen molar-refractivity contribution in [2.45, 2.75) is 26.3 Å². The van der Waals surface area contributed by atoms with Gasteiger partial charge in [-0.05, 0) is 39.0 Å². The summed E-state index contributed by atoms with van der Waals surface area (Å²) in [7, 11) is 1.45. The first-order valence-electron chi connectivity index (χ1n) is 6.28. The first-order chi connectivity index (χ1) is 9.39. The highest BCUT2D eigenvalue weighted by molar-refractivity contribution is 8.14. The van der Waals surface area contributed by atoms with E-state index in [1.165, 1.54) is 13.2 Å². The van der Waals surface area contributed by atoms with Crippen LogP contribution in [0.4, 0.5) is 4.39 Å². The molecular formula is C14H18FN3OS. The topological polar surface area (TPSA) is 46.0 Å². The molecule has 0 saturated carbocycles. The average molecular weight is 295 g/mol. The van der Waals surface area contributed by atoms with E-state index in [9.17, 15) is 4.39 Å². The summed E-state index contributed by atoms with van der Waals surface area (Å²) >= 11 is 1.56. The minimum atomic E-state index is -0.383. The number of ether oxygens (including phenoxy) is 1. The summed E-state index contributed by atoms with van der Waals surface area (Å²) < 4.78 is 18.6. The lowest BCUT2D eigenvalue weighted by Crippen LogP contribution is -2.28. The van der Waals surface area contributed by atoms with Gasteiger partial charge in [-0.15, -0.1) is 0 Å². The Hall–Kier alpha value is -1.56. The van der Waals surface area contributed by atoms with E-state index in [-0.39, 0.29) is 17.1 Å². The summed E-state index contributed by atoms with van der Waals surface area (Å²) in [5, 5.41) is 5.06. The number of hydrazone groups is 1. The van der Waals surface area contributed by atoms with Crippen molar-refractivity contribution in [3.05, 3.63) is 29.6 Å². The number of rotatable bonds is 2. The van der Waals surface area contributed by atoms with Gasteiger partial charge in [-0.3, -0.25) is 10.4 Å². The molecule has 108 valence electrons. The third-order valence-corrected chi connectivity index (χ3v) is 3.43. The number of benzene rings is 1. The van der Waals surface area contributed by atoms with E-state index < -0.39 is 0 Å². The number of nitrogens with one attached hydrogen (secondary N) is 1. The van der Waals surface area contributed by atoms with Gasteiger partial charge in [-0.1, -0.05) is 11.8 Å². The van der Waals surface area contributed by atoms with E-state index >= 15 is 0 Å². The molecule has 0 atom stereocenters. The van der Waals surface area contributed by atoms with Gasteiger partial charge < -0.3 is 4.74 Å². The van der Waals surface area contributed by atoms with Crippen molar-refractivity contribution < 1.29 is 9.13 Å². The number of hydrogen-bond donors (Lipinski definition) is 1. The summed E-state index contributed by atoms with van der Waals surface area (Å²) in [5.74, 6) is 0.515. The van der Waals surface area contributed by atoms with Crippen LogP contribution in [0.25, 0.3) is 0 Å². The van der Waals surface area contributed by atoms with E-state index in [4.69, 9.17) is 4.74 Å². The van der Waals surface area contributed by atoms with Crippen LogP contribution in [0, 0.1) is 5.82 Å². The second-order valence-electron chi connectivity index (χ2n) is 5.40. The van der Waals surface area contributed by atoms with Crippen molar-refractivity contribution in [3.8, 4) is 5.75 Å². The van der Waals surface area contributed by atoms with Gasteiger partial charge in [0, 0.05) is 11.3 Å². The fourth-order valence-electron chi connectivity index (χ4n) is 1.67. The molecule has 0 unspecified atom stereocenters. The van der Waals surface area contributed by atoms with Gasteiger partial charge in [0.1, 0.15) is 0 Å². The smallest absolute Gasteiger partial charge is 0.178 e. The third-order valence-electron chi connectivity index (χ3n) is 2.55. The largest absolute Gasteiger partial charge is 0.494 e. The maximum absolute atomic E-state index is 13.7. The van der Waals surface area contributed by atoms with E-state index in [2.05, 4.69) is 15.5 Å². The molecule has 1 aromatic rings. The van der Waals surface area contributed by atoms with Crippen LogP contribution in [-0.2, 0) is 0 Å². The number of thioether (sulfide) groups is 1. The zero-order valence-electron chi connectivity index (χ0n) is 12.0. The number of aliphatic imine (C=N–C) groups is 1. The van der Waals surface area contributed by atoms with Crippen LogP contribution in [0.15, 0.2) is 28.3 Å². The van der Waals surface area contributed by atoms with Gasteiger partial charge in [-0.2, -0.15) is 5.10 Å². The molecular weight excluding hydrogens is 277 g/mol. The van der Waals surface area contributed by atoms with Crippen LogP contribution in [0.3, 0.4) is 0 Å². The minimum Gasteiger partial charge on any atom is -0.494 e. The van der Waals surface area contributed by atoms with E-state index in [0.29, 0.717) is 5.75 Å². The number of halogens is 1. The summed E-state index contributed by atoms with van der Waals surface area (Å²) in [6.07, 6.45) is 0. The summed E-state index contributed by atoms with van der Waals surface area (Å²) in [5.41, 5.74) is 4.32. The second-order valence-corrected chi connectivity index (χ2v) is 6.36. The number of amidine groups is 1. The molecule has 0 amide bonds. The van der Waals surface area contributed by atoms with Crippen LogP contribution >= 0.6 is 11.8 Å². The third kappa shape index (κ3) is 3.72. The van der Waals surface area contributed by atoms with Crippen molar-refractivity contribution in [1.82, 2.24) is 5.43 Å². The molecule has 0 aliphatic carbocycles. The predicted octanol–water partition coefficient (Wildman–Crippen LogP) is 3.03. The monoisotopic (exact) mass is 295 g/mol. The lowest BCUT2D eigenvalue weighted by molar-refractivity contribution is 0.386. The average Bonchev–Trinajstić information content (AvgIpc) is 2.37. The quantitative estimate of drug-likeness (QED) is 0.912. The summed E-state index contributed by atoms with van der Waals surface area (Å²) in [6, 6.07) is 4.84. The van der Waals surface area contributed by atoms with Gasteiger partial charge in [0.05, 0.1) is 18.4 Å². The number of methoxy groups -OCH3 is 1. The Balaban J connectivity index is 2.16. The number of nitrogens with zero attached hydrogens (tertiary/aromatic N) is 2. The highest BCUT2D eigenvalue weighted by Crippen LogP contribution is 2.21. The molecule has 1 N–H and O–H groups in total. The number of hydrogen-bond acceptors (Lipinski definition) is 4. The fourth-order valence-corrected chi connectivity index (χ4v) is 2.63. The van der Waals surface area contributed by atoms with Gasteiger partial charge in [-0.25, -0.2) is 4.39 Å². The zero-order valence-corrected chi connectivity index (χ0v) is 12.8. The van der Waals surface area contributed by atoms with Gasteiger partial charge in [0.25, 0.3) is 0 Å². The molecule has 1 heterocycles. The molecule has 0 radical (unpaired) electrons. The minimum absolute atomic E-state index is 0.144. The molecule has 20 heavy (non-hydrogen) atoms. The van der Waals surface area contributed by atoms with Crippen molar-refractivity contribution in [2.75, 3.05) is 12.9 Å². The Morgan fingerprint density at radius 2 is 2.15 bits per heavy atom. The van der Waals surface area contributed by atoms with E-state index in [1.807, 2.05) is 20.8 Å². The molecule has 1 aliphatic heterocycles. The van der Waals surface area contributed by atoms with E-state index in [1.54, 1.807) is 23.9 Å². The Kier molecular flexibility index (Phi) is 4.32. The maximum Gasteiger partial charge on any atom is 0.178 e. The molecule has 0 saturated heterocycles. The summed E-state index contributed by atoms with van der Waals surface area (Å²) in [6.45, 7) is 6.08. The maximum atomic E-state index is 13.7. The first kappa shape index (κ1) is 14.8. The molecule has 2 rings (SSSR count). The molecule has 4 nitrogen and oxygen atoms in total. The lowest BCUT2D eigenvalue weighted by atomic mass is 10.1. The lowest BCUT2D eigenvalue weighted by Gasteiger charge is -2.19. The van der Waals surface area contributed by atoms with Crippen LogP contribution < -0.4 is 10.2 Å². The van der Waals surface area contributed by atoms with Crippen LogP contribution in [0.1, 0.15) is 26.3 Å². The zero-order chi connectivity index (χ0) is 14.8. The van der Waals surface area contributed by atoms with Gasteiger partial charge in [0.2, 0.25) is 0 Å². The Labute approximate surface area is 122 Å². The molecule has 1 aliphatic rings.